The zero-order valence-electron chi connectivity index (χ0n) is 19.3. The average molecular weight is 569 g/mol. The Morgan fingerprint density at radius 2 is 1.97 bits per heavy atom. The van der Waals surface area contributed by atoms with Gasteiger partial charge in [-0.05, 0) is 35.4 Å². The molecular weight excluding hydrogens is 551 g/mol. The molecule has 0 radical (unpaired) electrons. The van der Waals surface area contributed by atoms with Crippen molar-refractivity contribution in [3.63, 3.8) is 0 Å². The Labute approximate surface area is 223 Å². The molecule has 0 amide bonds. The van der Waals surface area contributed by atoms with Gasteiger partial charge in [0, 0.05) is 41.6 Å². The molecule has 0 bridgehead atoms. The number of nitrogens with zero attached hydrogens (tertiary/aromatic N) is 3. The topological polar surface area (TPSA) is 77.7 Å². The molecule has 13 heteroatoms. The van der Waals surface area contributed by atoms with Gasteiger partial charge in [0.05, 0.1) is 5.02 Å². The molecule has 1 aromatic heterocycles. The van der Waals surface area contributed by atoms with E-state index in [4.69, 9.17) is 32.8 Å². The molecule has 1 fully saturated rings. The number of oxime groups is 1. The maximum atomic E-state index is 14.8. The van der Waals surface area contributed by atoms with E-state index in [1.807, 2.05) is 0 Å². The lowest BCUT2D eigenvalue weighted by atomic mass is 9.83. The molecule has 3 atom stereocenters. The van der Waals surface area contributed by atoms with Crippen LogP contribution in [0.15, 0.2) is 53.9 Å². The summed E-state index contributed by atoms with van der Waals surface area (Å²) in [5, 5.41) is 10.4. The predicted molar refractivity (Wildman–Crippen MR) is 128 cm³/mol. The Bertz CT molecular complexity index is 1460. The summed E-state index contributed by atoms with van der Waals surface area (Å²) in [6.07, 6.45) is -4.54. The molecule has 38 heavy (non-hydrogen) atoms. The number of benzene rings is 2. The molecule has 198 valence electrons. The highest BCUT2D eigenvalue weighted by atomic mass is 35.5. The monoisotopic (exact) mass is 568 g/mol. The van der Waals surface area contributed by atoms with Gasteiger partial charge in [-0.15, -0.1) is 0 Å². The van der Waals surface area contributed by atoms with Crippen molar-refractivity contribution < 1.29 is 31.9 Å². The van der Waals surface area contributed by atoms with Crippen LogP contribution < -0.4 is 5.32 Å². The van der Waals surface area contributed by atoms with E-state index in [-0.39, 0.29) is 22.9 Å². The number of nitrogens with one attached hydrogen (secondary N) is 1. The SMILES string of the molecule is O=C(Cn1cccn1)C1OC2(CNC2)c2ccc(C3=NOC(c4cc(Cl)cc(Cl)c4F)C3C(F)(F)F)cc21. The second-order valence-corrected chi connectivity index (χ2v) is 10.2. The van der Waals surface area contributed by atoms with Gasteiger partial charge in [0.15, 0.2) is 11.9 Å². The summed E-state index contributed by atoms with van der Waals surface area (Å²) < 4.78 is 65.6. The molecule has 7 nitrogen and oxygen atoms in total. The van der Waals surface area contributed by atoms with Crippen LogP contribution in [0.1, 0.15) is 34.5 Å². The Hall–Kier alpha value is -2.99. The van der Waals surface area contributed by atoms with Crippen molar-refractivity contribution in [2.75, 3.05) is 13.1 Å². The summed E-state index contributed by atoms with van der Waals surface area (Å²) in [6.45, 7) is 0.838. The maximum absolute atomic E-state index is 14.8. The molecule has 2 aromatic carbocycles. The molecule has 3 aromatic rings. The van der Waals surface area contributed by atoms with Crippen LogP contribution >= 0.6 is 23.2 Å². The van der Waals surface area contributed by atoms with Crippen LogP contribution in [-0.2, 0) is 26.5 Å². The summed E-state index contributed by atoms with van der Waals surface area (Å²) in [4.78, 5) is 18.4. The summed E-state index contributed by atoms with van der Waals surface area (Å²) in [5.41, 5.74) is -0.423. The molecule has 3 aliphatic heterocycles. The van der Waals surface area contributed by atoms with Gasteiger partial charge in [0.1, 0.15) is 35.7 Å². The first kappa shape index (κ1) is 25.3. The number of hydrogen-bond acceptors (Lipinski definition) is 6. The number of alkyl halides is 3. The summed E-state index contributed by atoms with van der Waals surface area (Å²) >= 11 is 11.8. The lowest BCUT2D eigenvalue weighted by Gasteiger charge is -2.39. The third-order valence-electron chi connectivity index (χ3n) is 7.00. The molecule has 3 aliphatic rings. The molecule has 0 aliphatic carbocycles. The van der Waals surface area contributed by atoms with E-state index >= 15 is 0 Å². The minimum Gasteiger partial charge on any atom is -0.386 e. The van der Waals surface area contributed by atoms with Crippen molar-refractivity contribution in [1.29, 1.82) is 0 Å². The molecule has 1 N–H and O–H groups in total. The number of halogens is 6. The van der Waals surface area contributed by atoms with E-state index in [1.165, 1.54) is 23.0 Å². The van der Waals surface area contributed by atoms with E-state index in [0.717, 1.165) is 12.1 Å². The number of ketones is 1. The normalized spacial score (nSPS) is 23.6. The number of hydrogen-bond donors (Lipinski definition) is 1. The molecule has 0 saturated carbocycles. The van der Waals surface area contributed by atoms with Crippen LogP contribution in [0.3, 0.4) is 0 Å². The van der Waals surface area contributed by atoms with Gasteiger partial charge in [-0.2, -0.15) is 18.3 Å². The number of aromatic nitrogens is 2. The molecule has 1 saturated heterocycles. The second-order valence-electron chi connectivity index (χ2n) is 9.38. The highest BCUT2D eigenvalue weighted by Gasteiger charge is 2.56. The first-order valence-corrected chi connectivity index (χ1v) is 12.3. The van der Waals surface area contributed by atoms with Crippen molar-refractivity contribution in [2.24, 2.45) is 11.1 Å². The van der Waals surface area contributed by atoms with Gasteiger partial charge in [-0.3, -0.25) is 9.48 Å². The highest BCUT2D eigenvalue weighted by molar-refractivity contribution is 6.34. The van der Waals surface area contributed by atoms with Gasteiger partial charge in [-0.1, -0.05) is 40.5 Å². The summed E-state index contributed by atoms with van der Waals surface area (Å²) in [5.74, 6) is -3.69. The third kappa shape index (κ3) is 4.08. The Balaban J connectivity index is 1.39. The molecular formula is C25H18Cl2F4N4O3. The maximum Gasteiger partial charge on any atom is 0.401 e. The van der Waals surface area contributed by atoms with Crippen molar-refractivity contribution in [3.05, 3.63) is 86.9 Å². The van der Waals surface area contributed by atoms with Gasteiger partial charge >= 0.3 is 6.18 Å². The van der Waals surface area contributed by atoms with Gasteiger partial charge in [-0.25, -0.2) is 4.39 Å². The largest absolute Gasteiger partial charge is 0.401 e. The quantitative estimate of drug-likeness (QED) is 0.341. The fourth-order valence-electron chi connectivity index (χ4n) is 5.16. The average Bonchev–Trinajstić information content (AvgIpc) is 3.57. The first-order valence-electron chi connectivity index (χ1n) is 11.6. The van der Waals surface area contributed by atoms with Crippen LogP contribution in [0.4, 0.5) is 17.6 Å². The van der Waals surface area contributed by atoms with E-state index in [9.17, 15) is 22.4 Å². The van der Waals surface area contributed by atoms with Gasteiger partial charge in [0.2, 0.25) is 0 Å². The van der Waals surface area contributed by atoms with Gasteiger partial charge in [0.25, 0.3) is 0 Å². The highest BCUT2D eigenvalue weighted by Crippen LogP contribution is 2.49. The van der Waals surface area contributed by atoms with Crippen molar-refractivity contribution >= 4 is 34.7 Å². The van der Waals surface area contributed by atoms with E-state index in [1.54, 1.807) is 18.3 Å². The van der Waals surface area contributed by atoms with Crippen molar-refractivity contribution in [1.82, 2.24) is 15.1 Å². The summed E-state index contributed by atoms with van der Waals surface area (Å²) in [6, 6.07) is 8.40. The lowest BCUT2D eigenvalue weighted by Crippen LogP contribution is -2.57. The minimum atomic E-state index is -4.86. The van der Waals surface area contributed by atoms with E-state index in [2.05, 4.69) is 15.6 Å². The predicted octanol–water partition coefficient (Wildman–Crippen LogP) is 5.12. The first-order chi connectivity index (χ1) is 18.1. The lowest BCUT2D eigenvalue weighted by molar-refractivity contribution is -0.178. The number of fused-ring (bicyclic) bond motifs is 2. The minimum absolute atomic E-state index is 0.0444. The zero-order chi connectivity index (χ0) is 26.8. The fraction of sp³-hybridized carbons (Fsp3) is 0.320. The zero-order valence-corrected chi connectivity index (χ0v) is 20.8. The number of ether oxygens (including phenoxy) is 1. The van der Waals surface area contributed by atoms with Crippen LogP contribution in [0, 0.1) is 11.7 Å². The van der Waals surface area contributed by atoms with E-state index < -0.39 is 52.0 Å². The summed E-state index contributed by atoms with van der Waals surface area (Å²) in [7, 11) is 0. The van der Waals surface area contributed by atoms with Gasteiger partial charge < -0.3 is 14.9 Å². The van der Waals surface area contributed by atoms with Crippen LogP contribution in [0.5, 0.6) is 0 Å². The third-order valence-corrected chi connectivity index (χ3v) is 7.49. The van der Waals surface area contributed by atoms with E-state index in [0.29, 0.717) is 24.2 Å². The second kappa shape index (κ2) is 9.04. The standard InChI is InChI=1S/C25H18Cl2F4N4O3/c26-13-7-15(20(28)17(27)8-13)23-19(25(29,30)31)21(34-38-23)12-2-3-16-14(6-12)22(37-24(16)10-32-11-24)18(36)9-35-5-1-4-33-35/h1-8,19,22-23,32H,9-11H2. The number of carbonyl (C=O) groups excluding carboxylic acids is 1. The Morgan fingerprint density at radius 1 is 1.18 bits per heavy atom. The van der Waals surface area contributed by atoms with Crippen LogP contribution in [0.25, 0.3) is 0 Å². The van der Waals surface area contributed by atoms with Crippen LogP contribution in [0.2, 0.25) is 10.0 Å². The molecule has 1 spiro atoms. The smallest absolute Gasteiger partial charge is 0.386 e. The number of Topliss-reactive ketones (excluding diaryl/α,β-unsaturated/α-hetero) is 1. The number of rotatable bonds is 5. The Kier molecular flexibility index (Phi) is 6.02. The molecule has 4 heterocycles. The molecule has 6 rings (SSSR count). The van der Waals surface area contributed by atoms with Crippen LogP contribution in [-0.4, -0.2) is 40.5 Å². The molecule has 3 unspecified atom stereocenters. The number of carbonyl (C=O) groups is 1. The fourth-order valence-corrected chi connectivity index (χ4v) is 5.67. The Morgan fingerprint density at radius 3 is 2.63 bits per heavy atom. The van der Waals surface area contributed by atoms with Crippen molar-refractivity contribution in [2.45, 2.75) is 30.5 Å². The van der Waals surface area contributed by atoms with Crippen molar-refractivity contribution in [3.8, 4) is 0 Å².